The molecule has 0 aliphatic carbocycles. The van der Waals surface area contributed by atoms with Crippen LogP contribution in [0, 0.1) is 0 Å². The zero-order chi connectivity index (χ0) is 11.0. The molecule has 1 N–H and O–H groups in total. The topological polar surface area (TPSA) is 68.0 Å². The highest BCUT2D eigenvalue weighted by atomic mass is 79.9. The first kappa shape index (κ1) is 10.3. The minimum atomic E-state index is -0.927. The van der Waals surface area contributed by atoms with Crippen LogP contribution in [0.25, 0.3) is 10.6 Å². The van der Waals surface area contributed by atoms with E-state index in [1.165, 1.54) is 11.3 Å². The van der Waals surface area contributed by atoms with Crippen LogP contribution in [0.5, 0.6) is 0 Å². The molecule has 0 aliphatic heterocycles. The van der Waals surface area contributed by atoms with Gasteiger partial charge >= 0.3 is 5.97 Å². The van der Waals surface area contributed by atoms with Crippen molar-refractivity contribution in [2.45, 2.75) is 0 Å². The summed E-state index contributed by atoms with van der Waals surface area (Å²) in [6.45, 7) is 0. The van der Waals surface area contributed by atoms with Crippen LogP contribution in [0.3, 0.4) is 0 Å². The van der Waals surface area contributed by atoms with Crippen LogP contribution in [0.4, 0.5) is 0 Å². The lowest BCUT2D eigenvalue weighted by molar-refractivity contribution is 0.0697. The Balaban J connectivity index is 2.50. The minimum absolute atomic E-state index is 0.281. The number of thiophene rings is 1. The first-order valence-electron chi connectivity index (χ1n) is 3.97. The maximum absolute atomic E-state index is 10.7. The number of halogens is 1. The van der Waals surface area contributed by atoms with Crippen LogP contribution >= 0.6 is 27.3 Å². The molecule has 0 unspecified atom stereocenters. The Labute approximate surface area is 97.5 Å². The van der Waals surface area contributed by atoms with Gasteiger partial charge in [0.15, 0.2) is 4.60 Å². The van der Waals surface area contributed by atoms with Gasteiger partial charge in [-0.3, -0.25) is 0 Å². The first-order chi connectivity index (χ1) is 7.09. The lowest BCUT2D eigenvalue weighted by atomic mass is 10.3. The molecule has 0 aliphatic rings. The summed E-state index contributed by atoms with van der Waals surface area (Å²) in [7, 11) is 1.76. The van der Waals surface area contributed by atoms with E-state index in [0.717, 1.165) is 10.6 Å². The van der Waals surface area contributed by atoms with E-state index < -0.39 is 5.97 Å². The third-order valence-electron chi connectivity index (χ3n) is 1.87. The summed E-state index contributed by atoms with van der Waals surface area (Å²) < 4.78 is 2.21. The molecule has 0 amide bonds. The number of aryl methyl sites for hydroxylation is 1. The minimum Gasteiger partial charge on any atom is -0.478 e. The Morgan fingerprint density at radius 2 is 2.40 bits per heavy atom. The van der Waals surface area contributed by atoms with E-state index in [9.17, 15) is 4.79 Å². The summed E-state index contributed by atoms with van der Waals surface area (Å²) >= 11 is 4.62. The van der Waals surface area contributed by atoms with E-state index in [0.29, 0.717) is 4.60 Å². The molecule has 0 radical (unpaired) electrons. The highest BCUT2D eigenvalue weighted by Gasteiger charge is 2.14. The summed E-state index contributed by atoms with van der Waals surface area (Å²) in [5.74, 6) is -0.927. The molecule has 0 spiro atoms. The Bertz CT molecular complexity index is 500. The van der Waals surface area contributed by atoms with E-state index in [1.807, 2.05) is 0 Å². The molecule has 2 heterocycles. The molecule has 2 rings (SSSR count). The van der Waals surface area contributed by atoms with Gasteiger partial charge in [-0.05, 0) is 22.0 Å². The highest BCUT2D eigenvalue weighted by molar-refractivity contribution is 9.10. The number of hydrogen-bond donors (Lipinski definition) is 1. The summed E-state index contributed by atoms with van der Waals surface area (Å²) in [5.41, 5.74) is 1.07. The molecule has 0 bridgehead atoms. The molecule has 0 fully saturated rings. The summed E-state index contributed by atoms with van der Waals surface area (Å²) in [6, 6.07) is 1.61. The molecule has 78 valence electrons. The lowest BCUT2D eigenvalue weighted by Gasteiger charge is -1.95. The fourth-order valence-corrected chi connectivity index (χ4v) is 2.80. The number of carboxylic acid groups (broad SMARTS) is 1. The van der Waals surface area contributed by atoms with Gasteiger partial charge in [0.05, 0.1) is 10.4 Å². The van der Waals surface area contributed by atoms with E-state index >= 15 is 0 Å². The predicted molar refractivity (Wildman–Crippen MR) is 59.0 cm³/mol. The van der Waals surface area contributed by atoms with Gasteiger partial charge in [-0.15, -0.1) is 16.4 Å². The Morgan fingerprint density at radius 1 is 1.67 bits per heavy atom. The maximum atomic E-state index is 10.7. The third-order valence-corrected chi connectivity index (χ3v) is 3.34. The van der Waals surface area contributed by atoms with E-state index in [-0.39, 0.29) is 5.56 Å². The maximum Gasteiger partial charge on any atom is 0.336 e. The average Bonchev–Trinajstić information content (AvgIpc) is 2.73. The summed E-state index contributed by atoms with van der Waals surface area (Å²) in [4.78, 5) is 11.5. The van der Waals surface area contributed by atoms with Gasteiger partial charge in [-0.2, -0.15) is 0 Å². The summed E-state index contributed by atoms with van der Waals surface area (Å²) in [5, 5.41) is 18.0. The van der Waals surface area contributed by atoms with Gasteiger partial charge in [0.1, 0.15) is 5.69 Å². The lowest BCUT2D eigenvalue weighted by Crippen LogP contribution is -1.94. The molecule has 2 aromatic rings. The molecule has 0 saturated heterocycles. The molecule has 15 heavy (non-hydrogen) atoms. The van der Waals surface area contributed by atoms with Crippen LogP contribution in [0.1, 0.15) is 10.4 Å². The highest BCUT2D eigenvalue weighted by Crippen LogP contribution is 2.31. The smallest absolute Gasteiger partial charge is 0.336 e. The fourth-order valence-electron chi connectivity index (χ4n) is 1.17. The molecule has 7 heteroatoms. The van der Waals surface area contributed by atoms with Gasteiger partial charge in [0, 0.05) is 12.4 Å². The number of carbonyl (C=O) groups is 1. The van der Waals surface area contributed by atoms with Crippen LogP contribution in [-0.2, 0) is 7.05 Å². The second-order valence-electron chi connectivity index (χ2n) is 2.86. The van der Waals surface area contributed by atoms with Crippen LogP contribution in [0.15, 0.2) is 16.0 Å². The van der Waals surface area contributed by atoms with Gasteiger partial charge < -0.3 is 5.11 Å². The van der Waals surface area contributed by atoms with E-state index in [4.69, 9.17) is 5.11 Å². The van der Waals surface area contributed by atoms with E-state index in [1.54, 1.807) is 23.2 Å². The molecular formula is C8H6BrN3O2S. The third kappa shape index (κ3) is 1.80. The number of hydrogen-bond acceptors (Lipinski definition) is 4. The van der Waals surface area contributed by atoms with E-state index in [2.05, 4.69) is 26.2 Å². The second kappa shape index (κ2) is 3.74. The molecule has 5 nitrogen and oxygen atoms in total. The summed E-state index contributed by atoms with van der Waals surface area (Å²) in [6.07, 6.45) is 0. The molecule has 0 aromatic carbocycles. The first-order valence-corrected chi connectivity index (χ1v) is 5.64. The number of aromatic carboxylic acids is 1. The van der Waals surface area contributed by atoms with Crippen LogP contribution in [-0.4, -0.2) is 26.1 Å². The molecule has 2 aromatic heterocycles. The standard InChI is InChI=1S/C8H6BrN3O2S/c1-12-6(7(9)10-11-12)5-2-4(3-15-5)8(13)14/h2-3H,1H3,(H,13,14). The van der Waals surface area contributed by atoms with Crippen molar-refractivity contribution in [3.8, 4) is 10.6 Å². The number of carboxylic acids is 1. The van der Waals surface area contributed by atoms with Crippen molar-refractivity contribution in [2.24, 2.45) is 7.05 Å². The Hall–Kier alpha value is -1.21. The largest absolute Gasteiger partial charge is 0.478 e. The van der Waals surface area contributed by atoms with Gasteiger partial charge in [-0.1, -0.05) is 5.21 Å². The predicted octanol–water partition coefficient (Wildman–Crippen LogP) is 2.00. The van der Waals surface area contributed by atoms with Crippen molar-refractivity contribution in [3.05, 3.63) is 21.6 Å². The number of aromatic nitrogens is 3. The zero-order valence-corrected chi connectivity index (χ0v) is 10.0. The Morgan fingerprint density at radius 3 is 2.87 bits per heavy atom. The molecule has 0 saturated carbocycles. The van der Waals surface area contributed by atoms with Crippen molar-refractivity contribution in [3.63, 3.8) is 0 Å². The zero-order valence-electron chi connectivity index (χ0n) is 7.64. The van der Waals surface area contributed by atoms with Gasteiger partial charge in [0.2, 0.25) is 0 Å². The quantitative estimate of drug-likeness (QED) is 0.917. The SMILES string of the molecule is Cn1nnc(Br)c1-c1cc(C(=O)O)cs1. The van der Waals surface area contributed by atoms with Crippen molar-refractivity contribution in [1.29, 1.82) is 0 Å². The number of nitrogens with zero attached hydrogens (tertiary/aromatic N) is 3. The van der Waals surface area contributed by atoms with Crippen molar-refractivity contribution >= 4 is 33.2 Å². The fraction of sp³-hybridized carbons (Fsp3) is 0.125. The van der Waals surface area contributed by atoms with Crippen molar-refractivity contribution < 1.29 is 9.90 Å². The Kier molecular flexibility index (Phi) is 2.57. The average molecular weight is 288 g/mol. The van der Waals surface area contributed by atoms with Crippen LogP contribution < -0.4 is 0 Å². The molecular weight excluding hydrogens is 282 g/mol. The van der Waals surface area contributed by atoms with Gasteiger partial charge in [0.25, 0.3) is 0 Å². The van der Waals surface area contributed by atoms with Gasteiger partial charge in [-0.25, -0.2) is 9.48 Å². The second-order valence-corrected chi connectivity index (χ2v) is 4.52. The van der Waals surface area contributed by atoms with Crippen molar-refractivity contribution in [1.82, 2.24) is 15.0 Å². The normalized spacial score (nSPS) is 10.5. The monoisotopic (exact) mass is 287 g/mol. The van der Waals surface area contributed by atoms with Crippen molar-refractivity contribution in [2.75, 3.05) is 0 Å². The number of rotatable bonds is 2. The van der Waals surface area contributed by atoms with Crippen LogP contribution in [0.2, 0.25) is 0 Å². The molecule has 0 atom stereocenters.